The maximum atomic E-state index is 12.0. The summed E-state index contributed by atoms with van der Waals surface area (Å²) in [7, 11) is 0. The van der Waals surface area contributed by atoms with E-state index >= 15 is 0 Å². The monoisotopic (exact) mass is 400 g/mol. The second-order valence-electron chi connectivity index (χ2n) is 12.2. The van der Waals surface area contributed by atoms with E-state index in [1.54, 1.807) is 0 Å². The number of fused-ring (bicyclic) bond motifs is 5. The molecule has 0 aromatic carbocycles. The van der Waals surface area contributed by atoms with Gasteiger partial charge in [-0.05, 0) is 90.9 Å². The van der Waals surface area contributed by atoms with Gasteiger partial charge >= 0.3 is 0 Å². The van der Waals surface area contributed by atoms with Gasteiger partial charge in [-0.15, -0.1) is 0 Å². The Hall–Kier alpha value is -0.630. The fourth-order valence-electron chi connectivity index (χ4n) is 8.71. The largest absolute Gasteiger partial charge is 0.393 e. The molecule has 0 bridgehead atoms. The standard InChI is InChI=1S/C27H44O2/c1-17(2)7-6-8-18(3)22-11-12-23-21-10-9-19-15-20(28)13-14-26(19,4)25(21)24(29)16-27(22,23)5/h15,17-18,21-25,29H,6-14,16H2,1-5H3/t18-,21-,22+,23-,24-,25+,26-,27+/m0/s1. The summed E-state index contributed by atoms with van der Waals surface area (Å²) >= 11 is 0. The lowest BCUT2D eigenvalue weighted by molar-refractivity contribution is -0.136. The van der Waals surface area contributed by atoms with Gasteiger partial charge < -0.3 is 5.11 Å². The Morgan fingerprint density at radius 1 is 1.10 bits per heavy atom. The van der Waals surface area contributed by atoms with Crippen LogP contribution in [0.1, 0.15) is 98.8 Å². The van der Waals surface area contributed by atoms with Crippen molar-refractivity contribution in [3.63, 3.8) is 0 Å². The molecule has 4 aliphatic carbocycles. The Kier molecular flexibility index (Phi) is 5.82. The zero-order valence-corrected chi connectivity index (χ0v) is 19.5. The molecular weight excluding hydrogens is 356 g/mol. The van der Waals surface area contributed by atoms with Crippen LogP contribution < -0.4 is 0 Å². The van der Waals surface area contributed by atoms with Crippen LogP contribution in [0.3, 0.4) is 0 Å². The van der Waals surface area contributed by atoms with E-state index in [1.807, 2.05) is 6.08 Å². The summed E-state index contributed by atoms with van der Waals surface area (Å²) in [6, 6.07) is 0. The highest BCUT2D eigenvalue weighted by molar-refractivity contribution is 5.91. The third-order valence-electron chi connectivity index (χ3n) is 10.1. The van der Waals surface area contributed by atoms with Gasteiger partial charge in [0.05, 0.1) is 6.10 Å². The SMILES string of the molecule is CC(C)CCC[C@H](C)[C@H]1CC[C@H]2[C@@H]3CCC4=CC(=O)CC[C@]4(C)[C@H]3[C@@H](O)C[C@]12C. The molecule has 0 unspecified atom stereocenters. The predicted molar refractivity (Wildman–Crippen MR) is 119 cm³/mol. The van der Waals surface area contributed by atoms with Crippen LogP contribution in [0.2, 0.25) is 0 Å². The zero-order chi connectivity index (χ0) is 21.0. The fraction of sp³-hybridized carbons (Fsp3) is 0.889. The molecule has 3 fully saturated rings. The number of allylic oxidation sites excluding steroid dienone is 1. The number of hydrogen-bond acceptors (Lipinski definition) is 2. The molecule has 0 radical (unpaired) electrons. The molecule has 0 aliphatic heterocycles. The molecule has 0 heterocycles. The number of ketones is 1. The van der Waals surface area contributed by atoms with E-state index in [1.165, 1.54) is 44.1 Å². The molecule has 0 spiro atoms. The fourth-order valence-corrected chi connectivity index (χ4v) is 8.71. The molecule has 164 valence electrons. The highest BCUT2D eigenvalue weighted by Crippen LogP contribution is 2.67. The van der Waals surface area contributed by atoms with Gasteiger partial charge in [0, 0.05) is 6.42 Å². The second kappa shape index (κ2) is 7.81. The minimum absolute atomic E-state index is 0.0541. The summed E-state index contributed by atoms with van der Waals surface area (Å²) in [6.45, 7) is 12.1. The Balaban J connectivity index is 1.54. The first-order chi connectivity index (χ1) is 13.7. The van der Waals surface area contributed by atoms with Crippen LogP contribution in [0.15, 0.2) is 11.6 Å². The summed E-state index contributed by atoms with van der Waals surface area (Å²) < 4.78 is 0. The molecule has 3 saturated carbocycles. The molecule has 0 saturated heterocycles. The van der Waals surface area contributed by atoms with E-state index in [0.717, 1.165) is 42.9 Å². The first-order valence-electron chi connectivity index (χ1n) is 12.6. The summed E-state index contributed by atoms with van der Waals surface area (Å²) in [5, 5.41) is 11.5. The van der Waals surface area contributed by atoms with Gasteiger partial charge in [0.15, 0.2) is 5.78 Å². The van der Waals surface area contributed by atoms with Gasteiger partial charge in [0.25, 0.3) is 0 Å². The van der Waals surface area contributed by atoms with Crippen molar-refractivity contribution in [3.05, 3.63) is 11.6 Å². The van der Waals surface area contributed by atoms with Gasteiger partial charge in [-0.2, -0.15) is 0 Å². The van der Waals surface area contributed by atoms with E-state index in [-0.39, 0.29) is 11.5 Å². The third kappa shape index (κ3) is 3.56. The highest BCUT2D eigenvalue weighted by atomic mass is 16.3. The minimum Gasteiger partial charge on any atom is -0.393 e. The quantitative estimate of drug-likeness (QED) is 0.567. The van der Waals surface area contributed by atoms with Crippen molar-refractivity contribution >= 4 is 5.78 Å². The Morgan fingerprint density at radius 2 is 1.86 bits per heavy atom. The molecule has 0 aromatic heterocycles. The highest BCUT2D eigenvalue weighted by Gasteiger charge is 2.62. The molecule has 1 N–H and O–H groups in total. The molecule has 8 atom stereocenters. The van der Waals surface area contributed by atoms with Gasteiger partial charge in [0.1, 0.15) is 0 Å². The Morgan fingerprint density at radius 3 is 2.59 bits per heavy atom. The van der Waals surface area contributed by atoms with E-state index in [4.69, 9.17) is 0 Å². The molecule has 4 rings (SSSR count). The van der Waals surface area contributed by atoms with Crippen LogP contribution >= 0.6 is 0 Å². The van der Waals surface area contributed by atoms with Crippen LogP contribution in [0, 0.1) is 46.3 Å². The molecule has 0 aromatic rings. The van der Waals surface area contributed by atoms with Crippen LogP contribution in [0.4, 0.5) is 0 Å². The normalized spacial score (nSPS) is 45.4. The van der Waals surface area contributed by atoms with Gasteiger partial charge in [0.2, 0.25) is 0 Å². The van der Waals surface area contributed by atoms with Crippen molar-refractivity contribution in [1.82, 2.24) is 0 Å². The topological polar surface area (TPSA) is 37.3 Å². The van der Waals surface area contributed by atoms with Crippen LogP contribution in [-0.4, -0.2) is 17.0 Å². The predicted octanol–water partition coefficient (Wildman–Crippen LogP) is 6.57. The smallest absolute Gasteiger partial charge is 0.155 e. The van der Waals surface area contributed by atoms with E-state index < -0.39 is 0 Å². The van der Waals surface area contributed by atoms with Crippen LogP contribution in [-0.2, 0) is 4.79 Å². The Bertz CT molecular complexity index is 663. The maximum absolute atomic E-state index is 12.0. The first kappa shape index (κ1) is 21.6. The van der Waals surface area contributed by atoms with Crippen molar-refractivity contribution in [1.29, 1.82) is 0 Å². The first-order valence-corrected chi connectivity index (χ1v) is 12.6. The number of hydrogen-bond donors (Lipinski definition) is 1. The van der Waals surface area contributed by atoms with Crippen molar-refractivity contribution in [2.75, 3.05) is 0 Å². The molecule has 4 aliphatic rings. The molecule has 2 nitrogen and oxygen atoms in total. The summed E-state index contributed by atoms with van der Waals surface area (Å²) in [6.07, 6.45) is 13.4. The molecule has 2 heteroatoms. The number of rotatable bonds is 5. The third-order valence-corrected chi connectivity index (χ3v) is 10.1. The minimum atomic E-state index is -0.202. The molecule has 29 heavy (non-hydrogen) atoms. The summed E-state index contributed by atoms with van der Waals surface area (Å²) in [4.78, 5) is 12.0. The van der Waals surface area contributed by atoms with Crippen molar-refractivity contribution in [2.45, 2.75) is 105 Å². The van der Waals surface area contributed by atoms with Crippen molar-refractivity contribution in [2.24, 2.45) is 46.3 Å². The van der Waals surface area contributed by atoms with Crippen LogP contribution in [0.25, 0.3) is 0 Å². The lowest BCUT2D eigenvalue weighted by Gasteiger charge is -2.60. The Labute approximate surface area is 178 Å². The second-order valence-corrected chi connectivity index (χ2v) is 12.2. The van der Waals surface area contributed by atoms with Gasteiger partial charge in [-0.25, -0.2) is 0 Å². The number of aliphatic hydroxyl groups is 1. The molecular formula is C27H44O2. The maximum Gasteiger partial charge on any atom is 0.155 e. The van der Waals surface area contributed by atoms with Crippen LogP contribution in [0.5, 0.6) is 0 Å². The average molecular weight is 401 g/mol. The summed E-state index contributed by atoms with van der Waals surface area (Å²) in [5.41, 5.74) is 1.72. The van der Waals surface area contributed by atoms with Crippen molar-refractivity contribution < 1.29 is 9.90 Å². The zero-order valence-electron chi connectivity index (χ0n) is 19.5. The number of carbonyl (C=O) groups excluding carboxylic acids is 1. The van der Waals surface area contributed by atoms with Gasteiger partial charge in [-0.3, -0.25) is 4.79 Å². The van der Waals surface area contributed by atoms with E-state index in [2.05, 4.69) is 34.6 Å². The molecule has 0 amide bonds. The van der Waals surface area contributed by atoms with E-state index in [9.17, 15) is 9.90 Å². The average Bonchev–Trinajstić information content (AvgIpc) is 2.98. The van der Waals surface area contributed by atoms with Crippen molar-refractivity contribution in [3.8, 4) is 0 Å². The number of aliphatic hydroxyl groups excluding tert-OH is 1. The lowest BCUT2D eigenvalue weighted by Crippen LogP contribution is -2.56. The van der Waals surface area contributed by atoms with E-state index in [0.29, 0.717) is 29.5 Å². The summed E-state index contributed by atoms with van der Waals surface area (Å²) in [5.74, 6) is 4.43. The van der Waals surface area contributed by atoms with Gasteiger partial charge in [-0.1, -0.05) is 59.5 Å². The number of carbonyl (C=O) groups is 1. The lowest BCUT2D eigenvalue weighted by atomic mass is 9.45.